The summed E-state index contributed by atoms with van der Waals surface area (Å²) in [5.74, 6) is -2.19. The van der Waals surface area contributed by atoms with Crippen LogP contribution in [-0.4, -0.2) is 50.3 Å². The fourth-order valence-corrected chi connectivity index (χ4v) is 8.25. The Hall–Kier alpha value is -7.00. The minimum Gasteiger partial charge on any atom is -0.462 e. The zero-order valence-electron chi connectivity index (χ0n) is 36.4. The second kappa shape index (κ2) is 21.1. The van der Waals surface area contributed by atoms with Crippen LogP contribution in [0.5, 0.6) is 0 Å². The number of carbonyl (C=O) groups is 4. The van der Waals surface area contributed by atoms with Crippen molar-refractivity contribution >= 4 is 47.1 Å². The largest absolute Gasteiger partial charge is 0.462 e. The van der Waals surface area contributed by atoms with E-state index >= 15 is 0 Å². The average Bonchev–Trinajstić information content (AvgIpc) is 3.32. The van der Waals surface area contributed by atoms with E-state index in [4.69, 9.17) is 42.1 Å². The standard InChI is InChI=1S/C55H46Cl2O8/c1-5-62-52(58)46-32-44(40-16-12-13-17-50(40)56)48(54(60)64-7-3)30-42(46)38-21-18-34(19-22-38)28-35-20-27-41(51(57)29-35)45-33-47(53(59)63-6-2)43(31-49(45)55(61)65-8-4)39-25-23-37(24-26-39)36-14-10-9-11-15-36/h9-27,29-33H,5-8,28H2,1-4H3. The Kier molecular flexibility index (Phi) is 14.9. The van der Waals surface area contributed by atoms with Gasteiger partial charge in [0.1, 0.15) is 0 Å². The molecule has 328 valence electrons. The number of benzene rings is 7. The molecule has 0 saturated carbocycles. The maximum absolute atomic E-state index is 13.6. The lowest BCUT2D eigenvalue weighted by molar-refractivity contribution is 0.0513. The van der Waals surface area contributed by atoms with Gasteiger partial charge in [-0.3, -0.25) is 0 Å². The zero-order valence-corrected chi connectivity index (χ0v) is 37.9. The first-order valence-corrected chi connectivity index (χ1v) is 22.1. The van der Waals surface area contributed by atoms with Crippen molar-refractivity contribution in [1.82, 2.24) is 0 Å². The van der Waals surface area contributed by atoms with Gasteiger partial charge < -0.3 is 18.9 Å². The predicted molar refractivity (Wildman–Crippen MR) is 257 cm³/mol. The van der Waals surface area contributed by atoms with E-state index < -0.39 is 23.9 Å². The molecular weight excluding hydrogens is 860 g/mol. The Bertz CT molecular complexity index is 2870. The van der Waals surface area contributed by atoms with Crippen LogP contribution in [0.25, 0.3) is 55.6 Å². The molecule has 8 nitrogen and oxygen atoms in total. The number of rotatable bonds is 15. The Morgan fingerprint density at radius 2 is 0.723 bits per heavy atom. The van der Waals surface area contributed by atoms with Crippen LogP contribution in [0.15, 0.2) is 146 Å². The van der Waals surface area contributed by atoms with Crippen LogP contribution >= 0.6 is 23.2 Å². The SMILES string of the molecule is CCOC(=O)c1cc(-c2ccccc2Cl)c(C(=O)OCC)cc1-c1ccc(Cc2ccc(-c3cc(C(=O)OCC)c(-c4ccc(-c5ccccc5)cc4)cc3C(=O)OCC)c(Cl)c2)cc1. The van der Waals surface area contributed by atoms with Crippen molar-refractivity contribution in [2.75, 3.05) is 26.4 Å². The van der Waals surface area contributed by atoms with Crippen molar-refractivity contribution in [3.05, 3.63) is 189 Å². The van der Waals surface area contributed by atoms with Crippen molar-refractivity contribution < 1.29 is 38.1 Å². The third kappa shape index (κ3) is 10.4. The van der Waals surface area contributed by atoms with Crippen LogP contribution in [0.3, 0.4) is 0 Å². The van der Waals surface area contributed by atoms with Gasteiger partial charge in [0.25, 0.3) is 0 Å². The van der Waals surface area contributed by atoms with Gasteiger partial charge in [0, 0.05) is 21.2 Å². The summed E-state index contributed by atoms with van der Waals surface area (Å²) in [4.78, 5) is 54.1. The maximum atomic E-state index is 13.6. The summed E-state index contributed by atoms with van der Waals surface area (Å²) in [6.07, 6.45) is 0.487. The Morgan fingerprint density at radius 3 is 1.18 bits per heavy atom. The van der Waals surface area contributed by atoms with Gasteiger partial charge in [-0.05, 0) is 126 Å². The van der Waals surface area contributed by atoms with Crippen LogP contribution in [0.4, 0.5) is 0 Å². The lowest BCUT2D eigenvalue weighted by Gasteiger charge is -2.18. The molecular formula is C55H46Cl2O8. The molecule has 65 heavy (non-hydrogen) atoms. The van der Waals surface area contributed by atoms with Gasteiger partial charge in [-0.15, -0.1) is 0 Å². The molecule has 7 aromatic carbocycles. The van der Waals surface area contributed by atoms with Crippen molar-refractivity contribution in [3.63, 3.8) is 0 Å². The van der Waals surface area contributed by atoms with E-state index in [1.807, 2.05) is 97.1 Å². The lowest BCUT2D eigenvalue weighted by atomic mass is 9.89. The molecule has 7 rings (SSSR count). The third-order valence-electron chi connectivity index (χ3n) is 10.8. The minimum absolute atomic E-state index is 0.148. The van der Waals surface area contributed by atoms with Crippen molar-refractivity contribution in [2.45, 2.75) is 34.1 Å². The number of carbonyl (C=O) groups excluding carboxylic acids is 4. The molecule has 0 aliphatic carbocycles. The number of hydrogen-bond acceptors (Lipinski definition) is 8. The lowest BCUT2D eigenvalue weighted by Crippen LogP contribution is -2.12. The monoisotopic (exact) mass is 904 g/mol. The summed E-state index contributed by atoms with van der Waals surface area (Å²) in [5, 5.41) is 0.779. The molecule has 0 fully saturated rings. The molecule has 0 heterocycles. The molecule has 0 aliphatic rings. The molecule has 0 atom stereocenters. The van der Waals surface area contributed by atoms with Crippen LogP contribution in [-0.2, 0) is 25.4 Å². The van der Waals surface area contributed by atoms with Gasteiger partial charge in [-0.25, -0.2) is 19.2 Å². The third-order valence-corrected chi connectivity index (χ3v) is 11.4. The van der Waals surface area contributed by atoms with Crippen LogP contribution in [0, 0.1) is 0 Å². The van der Waals surface area contributed by atoms with Gasteiger partial charge in [0.2, 0.25) is 0 Å². The second-order valence-corrected chi connectivity index (χ2v) is 15.7. The topological polar surface area (TPSA) is 105 Å². The van der Waals surface area contributed by atoms with E-state index in [1.165, 1.54) is 0 Å². The molecule has 10 heteroatoms. The fourth-order valence-electron chi connectivity index (χ4n) is 7.71. The molecule has 0 bridgehead atoms. The summed E-state index contributed by atoms with van der Waals surface area (Å²) in [6, 6.07) is 44.7. The minimum atomic E-state index is -0.556. The summed E-state index contributed by atoms with van der Waals surface area (Å²) in [6.45, 7) is 7.57. The van der Waals surface area contributed by atoms with E-state index in [0.29, 0.717) is 55.4 Å². The van der Waals surface area contributed by atoms with Crippen molar-refractivity contribution in [1.29, 1.82) is 0 Å². The summed E-state index contributed by atoms with van der Waals surface area (Å²) in [5.41, 5.74) is 9.35. The average molecular weight is 906 g/mol. The highest BCUT2D eigenvalue weighted by atomic mass is 35.5. The molecule has 0 amide bonds. The van der Waals surface area contributed by atoms with Crippen molar-refractivity contribution in [3.8, 4) is 55.6 Å². The van der Waals surface area contributed by atoms with Gasteiger partial charge in [0.05, 0.1) is 48.7 Å². The first kappa shape index (κ1) is 46.0. The number of hydrogen-bond donors (Lipinski definition) is 0. The van der Waals surface area contributed by atoms with Crippen LogP contribution < -0.4 is 0 Å². The summed E-state index contributed by atoms with van der Waals surface area (Å²) < 4.78 is 22.0. The number of esters is 4. The van der Waals surface area contributed by atoms with Gasteiger partial charge in [-0.1, -0.05) is 132 Å². The smallest absolute Gasteiger partial charge is 0.338 e. The molecule has 0 aromatic heterocycles. The maximum Gasteiger partial charge on any atom is 0.338 e. The first-order chi connectivity index (χ1) is 31.5. The number of halogens is 2. The van der Waals surface area contributed by atoms with Gasteiger partial charge in [0.15, 0.2) is 0 Å². The Balaban J connectivity index is 1.23. The van der Waals surface area contributed by atoms with E-state index in [0.717, 1.165) is 27.8 Å². The Morgan fingerprint density at radius 1 is 0.354 bits per heavy atom. The van der Waals surface area contributed by atoms with E-state index in [-0.39, 0.29) is 48.7 Å². The quantitative estimate of drug-likeness (QED) is 0.0740. The molecule has 0 radical (unpaired) electrons. The first-order valence-electron chi connectivity index (χ1n) is 21.4. The zero-order chi connectivity index (χ0) is 46.0. The molecule has 0 N–H and O–H groups in total. The fraction of sp³-hybridized carbons (Fsp3) is 0.164. The number of ether oxygens (including phenoxy) is 4. The molecule has 0 unspecified atom stereocenters. The van der Waals surface area contributed by atoms with Gasteiger partial charge >= 0.3 is 23.9 Å². The summed E-state index contributed by atoms with van der Waals surface area (Å²) >= 11 is 13.6. The highest BCUT2D eigenvalue weighted by molar-refractivity contribution is 6.34. The van der Waals surface area contributed by atoms with Gasteiger partial charge in [-0.2, -0.15) is 0 Å². The molecule has 0 aliphatic heterocycles. The van der Waals surface area contributed by atoms with Crippen molar-refractivity contribution in [2.24, 2.45) is 0 Å². The highest BCUT2D eigenvalue weighted by Crippen LogP contribution is 2.40. The molecule has 0 saturated heterocycles. The highest BCUT2D eigenvalue weighted by Gasteiger charge is 2.26. The normalized spacial score (nSPS) is 10.9. The van der Waals surface area contributed by atoms with E-state index in [9.17, 15) is 19.2 Å². The Labute approximate surface area is 388 Å². The summed E-state index contributed by atoms with van der Waals surface area (Å²) in [7, 11) is 0. The molecule has 7 aromatic rings. The predicted octanol–water partition coefficient (Wildman–Crippen LogP) is 13.6. The second-order valence-electron chi connectivity index (χ2n) is 14.9. The molecule has 0 spiro atoms. The van der Waals surface area contributed by atoms with Crippen LogP contribution in [0.2, 0.25) is 10.0 Å². The van der Waals surface area contributed by atoms with E-state index in [1.54, 1.807) is 76.2 Å². The van der Waals surface area contributed by atoms with E-state index in [2.05, 4.69) is 0 Å². The van der Waals surface area contributed by atoms with Crippen LogP contribution in [0.1, 0.15) is 80.3 Å².